The van der Waals surface area contributed by atoms with Crippen LogP contribution in [0.1, 0.15) is 83.5 Å². The van der Waals surface area contributed by atoms with Crippen molar-refractivity contribution in [1.29, 1.82) is 0 Å². The van der Waals surface area contributed by atoms with Gasteiger partial charge in [-0.2, -0.15) is 0 Å². The minimum atomic E-state index is 0. The van der Waals surface area contributed by atoms with Gasteiger partial charge in [0, 0.05) is 19.1 Å². The van der Waals surface area contributed by atoms with E-state index in [-0.39, 0.29) is 12.4 Å². The lowest BCUT2D eigenvalue weighted by molar-refractivity contribution is 0.107. The topological polar surface area (TPSA) is 15.3 Å². The van der Waals surface area contributed by atoms with E-state index in [2.05, 4.69) is 10.4 Å². The van der Waals surface area contributed by atoms with Crippen molar-refractivity contribution >= 4 is 12.4 Å². The monoisotopic (exact) mass is 288 g/mol. The molecule has 0 radical (unpaired) electrons. The zero-order valence-electron chi connectivity index (χ0n) is 12.5. The quantitative estimate of drug-likeness (QED) is 0.753. The summed E-state index contributed by atoms with van der Waals surface area (Å²) in [4.78, 5) is 0. The second kappa shape index (κ2) is 10.9. The number of hydrazine groups is 1. The van der Waals surface area contributed by atoms with Crippen LogP contribution in [-0.2, 0) is 0 Å². The van der Waals surface area contributed by atoms with E-state index in [1.807, 2.05) is 0 Å². The Hall–Kier alpha value is 0.210. The zero-order chi connectivity index (χ0) is 12.5. The maximum atomic E-state index is 3.73. The van der Waals surface area contributed by atoms with Crippen LogP contribution in [0.3, 0.4) is 0 Å². The molecular formula is C16H33ClN2. The first-order valence-corrected chi connectivity index (χ1v) is 8.47. The smallest absolute Gasteiger partial charge is 0.0243 e. The van der Waals surface area contributed by atoms with Gasteiger partial charge in [-0.05, 0) is 25.7 Å². The van der Waals surface area contributed by atoms with Crippen molar-refractivity contribution in [2.75, 3.05) is 13.1 Å². The predicted molar refractivity (Wildman–Crippen MR) is 85.8 cm³/mol. The average Bonchev–Trinajstić information content (AvgIpc) is 2.61. The second-order valence-corrected chi connectivity index (χ2v) is 6.22. The molecule has 0 aromatic heterocycles. The van der Waals surface area contributed by atoms with Crippen molar-refractivity contribution in [3.05, 3.63) is 0 Å². The highest BCUT2D eigenvalue weighted by atomic mass is 35.5. The second-order valence-electron chi connectivity index (χ2n) is 6.22. The molecule has 2 rings (SSSR count). The van der Waals surface area contributed by atoms with Crippen LogP contribution in [0, 0.1) is 0 Å². The first-order chi connectivity index (χ1) is 8.97. The third-order valence-electron chi connectivity index (χ3n) is 4.66. The van der Waals surface area contributed by atoms with Gasteiger partial charge >= 0.3 is 0 Å². The molecule has 1 heterocycles. The van der Waals surface area contributed by atoms with Gasteiger partial charge in [0.1, 0.15) is 0 Å². The van der Waals surface area contributed by atoms with E-state index >= 15 is 0 Å². The van der Waals surface area contributed by atoms with E-state index in [1.54, 1.807) is 0 Å². The fourth-order valence-corrected chi connectivity index (χ4v) is 3.47. The number of nitrogens with one attached hydrogen (secondary N) is 1. The van der Waals surface area contributed by atoms with Gasteiger partial charge in [-0.25, -0.2) is 5.01 Å². The molecule has 0 amide bonds. The van der Waals surface area contributed by atoms with Crippen LogP contribution in [0.5, 0.6) is 0 Å². The minimum Gasteiger partial charge on any atom is -0.255 e. The van der Waals surface area contributed by atoms with Crippen molar-refractivity contribution in [2.24, 2.45) is 0 Å². The van der Waals surface area contributed by atoms with Gasteiger partial charge in [0.25, 0.3) is 0 Å². The molecule has 3 heteroatoms. The maximum absolute atomic E-state index is 3.73. The molecule has 0 unspecified atom stereocenters. The molecule has 0 atom stereocenters. The Morgan fingerprint density at radius 3 is 1.84 bits per heavy atom. The summed E-state index contributed by atoms with van der Waals surface area (Å²) < 4.78 is 0. The lowest BCUT2D eigenvalue weighted by Gasteiger charge is -2.32. The largest absolute Gasteiger partial charge is 0.255 e. The Morgan fingerprint density at radius 1 is 0.632 bits per heavy atom. The van der Waals surface area contributed by atoms with Crippen LogP contribution in [0.4, 0.5) is 0 Å². The van der Waals surface area contributed by atoms with Gasteiger partial charge < -0.3 is 0 Å². The van der Waals surface area contributed by atoms with Crippen LogP contribution in [-0.4, -0.2) is 24.1 Å². The van der Waals surface area contributed by atoms with Crippen LogP contribution >= 0.6 is 12.4 Å². The molecule has 2 aliphatic rings. The number of halogens is 1. The molecule has 0 bridgehead atoms. The van der Waals surface area contributed by atoms with Gasteiger partial charge in [0.05, 0.1) is 0 Å². The van der Waals surface area contributed by atoms with Crippen molar-refractivity contribution in [3.8, 4) is 0 Å². The standard InChI is InChI=1S/C16H32N2.ClH/c1-2-5-9-13-16(12-8-4-1)18-15-11-7-3-6-10-14-17-18;/h16-17H,1-15H2;1H. The van der Waals surface area contributed by atoms with Crippen LogP contribution < -0.4 is 5.43 Å². The summed E-state index contributed by atoms with van der Waals surface area (Å²) in [6.45, 7) is 2.49. The van der Waals surface area contributed by atoms with Gasteiger partial charge in [-0.15, -0.1) is 12.4 Å². The van der Waals surface area contributed by atoms with Gasteiger partial charge in [-0.3, -0.25) is 5.43 Å². The first kappa shape index (κ1) is 17.3. The number of rotatable bonds is 1. The van der Waals surface area contributed by atoms with Crippen molar-refractivity contribution in [1.82, 2.24) is 10.4 Å². The highest BCUT2D eigenvalue weighted by molar-refractivity contribution is 5.85. The molecule has 0 aromatic carbocycles. The third kappa shape index (κ3) is 6.97. The van der Waals surface area contributed by atoms with Crippen LogP contribution in [0.15, 0.2) is 0 Å². The summed E-state index contributed by atoms with van der Waals surface area (Å²) in [5, 5.41) is 2.62. The molecule has 1 saturated heterocycles. The van der Waals surface area contributed by atoms with Crippen LogP contribution in [0.2, 0.25) is 0 Å². The van der Waals surface area contributed by atoms with E-state index < -0.39 is 0 Å². The normalized spacial score (nSPS) is 25.9. The summed E-state index contributed by atoms with van der Waals surface area (Å²) in [7, 11) is 0. The lowest BCUT2D eigenvalue weighted by Crippen LogP contribution is -2.46. The maximum Gasteiger partial charge on any atom is 0.0243 e. The minimum absolute atomic E-state index is 0. The van der Waals surface area contributed by atoms with E-state index in [0.29, 0.717) is 0 Å². The molecular weight excluding hydrogens is 256 g/mol. The lowest BCUT2D eigenvalue weighted by atomic mass is 10.0. The molecule has 2 fully saturated rings. The van der Waals surface area contributed by atoms with Gasteiger partial charge in [0.2, 0.25) is 0 Å². The van der Waals surface area contributed by atoms with Crippen LogP contribution in [0.25, 0.3) is 0 Å². The van der Waals surface area contributed by atoms with Crippen molar-refractivity contribution < 1.29 is 0 Å². The van der Waals surface area contributed by atoms with Crippen molar-refractivity contribution in [3.63, 3.8) is 0 Å². The van der Waals surface area contributed by atoms with Gasteiger partial charge in [-0.1, -0.05) is 57.8 Å². The highest BCUT2D eigenvalue weighted by Gasteiger charge is 2.18. The Morgan fingerprint density at radius 2 is 1.16 bits per heavy atom. The first-order valence-electron chi connectivity index (χ1n) is 8.47. The molecule has 2 nitrogen and oxygen atoms in total. The molecule has 0 spiro atoms. The van der Waals surface area contributed by atoms with E-state index in [4.69, 9.17) is 0 Å². The number of nitrogens with zero attached hydrogens (tertiary/aromatic N) is 1. The average molecular weight is 289 g/mol. The van der Waals surface area contributed by atoms with E-state index in [0.717, 1.165) is 6.04 Å². The third-order valence-corrected chi connectivity index (χ3v) is 4.66. The Kier molecular flexibility index (Phi) is 9.93. The van der Waals surface area contributed by atoms with Crippen molar-refractivity contribution in [2.45, 2.75) is 89.5 Å². The van der Waals surface area contributed by atoms with Gasteiger partial charge in [0.15, 0.2) is 0 Å². The Balaban J connectivity index is 0.00000180. The fourth-order valence-electron chi connectivity index (χ4n) is 3.47. The zero-order valence-corrected chi connectivity index (χ0v) is 13.4. The number of hydrogen-bond donors (Lipinski definition) is 1. The SMILES string of the molecule is C1CCCCC(N2CCCCCCCN2)CCC1.Cl. The summed E-state index contributed by atoms with van der Waals surface area (Å²) in [5.41, 5.74) is 3.73. The molecule has 1 aliphatic carbocycles. The molecule has 19 heavy (non-hydrogen) atoms. The Bertz CT molecular complexity index is 169. The summed E-state index contributed by atoms with van der Waals surface area (Å²) >= 11 is 0. The molecule has 1 N–H and O–H groups in total. The highest BCUT2D eigenvalue weighted by Crippen LogP contribution is 2.21. The molecule has 0 aromatic rings. The number of hydrogen-bond acceptors (Lipinski definition) is 2. The molecule has 114 valence electrons. The summed E-state index contributed by atoms with van der Waals surface area (Å²) in [5.74, 6) is 0. The van der Waals surface area contributed by atoms with E-state index in [9.17, 15) is 0 Å². The molecule has 1 saturated carbocycles. The summed E-state index contributed by atoms with van der Waals surface area (Å²) in [6, 6.07) is 0.821. The summed E-state index contributed by atoms with van der Waals surface area (Å²) in [6.07, 6.45) is 18.7. The predicted octanol–water partition coefficient (Wildman–Crippen LogP) is 4.68. The fraction of sp³-hybridized carbons (Fsp3) is 1.00. The molecule has 1 aliphatic heterocycles. The Labute approximate surface area is 126 Å². The van der Waals surface area contributed by atoms with E-state index in [1.165, 1.54) is 96.6 Å².